The number of alkyl halides is 3. The first-order valence-corrected chi connectivity index (χ1v) is 14.9. The van der Waals surface area contributed by atoms with E-state index in [1.807, 2.05) is 4.90 Å². The zero-order valence-corrected chi connectivity index (χ0v) is 25.3. The number of nitrogens with zero attached hydrogens (tertiary/aromatic N) is 7. The van der Waals surface area contributed by atoms with Crippen LogP contribution in [0.4, 0.5) is 23.8 Å². The van der Waals surface area contributed by atoms with E-state index >= 15 is 0 Å². The zero-order chi connectivity index (χ0) is 32.3. The number of carbonyl (C=O) groups excluding carboxylic acids is 1. The van der Waals surface area contributed by atoms with Gasteiger partial charge in [0.25, 0.3) is 5.91 Å². The topological polar surface area (TPSA) is 139 Å². The SMILES string of the molecule is Cc1nn(-c2ncccn2)cc1C(=O)N1C[C@@H]2[C@H](C1)[C@@H]2Oc1cc(C(C)(C)NC(=O)O)cc(N2CCC(C(F)(F)F)CC2C)n1. The Bertz CT molecular complexity index is 1590. The molecule has 45 heavy (non-hydrogen) atoms. The van der Waals surface area contributed by atoms with Gasteiger partial charge in [-0.3, -0.25) is 4.79 Å². The third-order valence-corrected chi connectivity index (χ3v) is 9.11. The Morgan fingerprint density at radius 1 is 1.11 bits per heavy atom. The highest BCUT2D eigenvalue weighted by Crippen LogP contribution is 2.48. The number of aryl methyl sites for hydroxylation is 1. The van der Waals surface area contributed by atoms with E-state index in [4.69, 9.17) is 4.74 Å². The number of carbonyl (C=O) groups is 2. The summed E-state index contributed by atoms with van der Waals surface area (Å²) in [7, 11) is 0. The molecule has 6 rings (SSSR count). The van der Waals surface area contributed by atoms with Crippen molar-refractivity contribution in [2.75, 3.05) is 24.5 Å². The number of carboxylic acid groups (broad SMARTS) is 1. The normalized spacial score (nSPS) is 24.7. The number of pyridine rings is 1. The molecule has 1 saturated carbocycles. The third kappa shape index (κ3) is 6.12. The van der Waals surface area contributed by atoms with Crippen molar-refractivity contribution in [3.05, 3.63) is 53.6 Å². The predicted octanol–water partition coefficient (Wildman–Crippen LogP) is 4.19. The van der Waals surface area contributed by atoms with Gasteiger partial charge < -0.3 is 25.0 Å². The van der Waals surface area contributed by atoms with E-state index in [1.165, 1.54) is 4.68 Å². The second-order valence-electron chi connectivity index (χ2n) is 12.7. The van der Waals surface area contributed by atoms with E-state index in [9.17, 15) is 27.9 Å². The van der Waals surface area contributed by atoms with Gasteiger partial charge in [0.15, 0.2) is 0 Å². The van der Waals surface area contributed by atoms with E-state index in [2.05, 4.69) is 25.4 Å². The van der Waals surface area contributed by atoms with Gasteiger partial charge >= 0.3 is 12.3 Å². The van der Waals surface area contributed by atoms with Gasteiger partial charge in [-0.15, -0.1) is 0 Å². The van der Waals surface area contributed by atoms with Gasteiger partial charge in [-0.1, -0.05) is 0 Å². The predicted molar refractivity (Wildman–Crippen MR) is 155 cm³/mol. The van der Waals surface area contributed by atoms with Crippen molar-refractivity contribution in [1.82, 2.24) is 34.9 Å². The summed E-state index contributed by atoms with van der Waals surface area (Å²) in [6, 6.07) is 4.65. The number of aromatic nitrogens is 5. The number of anilines is 1. The maximum atomic E-state index is 13.4. The van der Waals surface area contributed by atoms with Crippen LogP contribution in [0.3, 0.4) is 0 Å². The molecule has 15 heteroatoms. The fourth-order valence-corrected chi connectivity index (χ4v) is 6.51. The molecule has 0 radical (unpaired) electrons. The maximum Gasteiger partial charge on any atom is 0.405 e. The highest BCUT2D eigenvalue weighted by Gasteiger charge is 2.59. The fourth-order valence-electron chi connectivity index (χ4n) is 6.51. The Morgan fingerprint density at radius 3 is 2.42 bits per heavy atom. The van der Waals surface area contributed by atoms with Crippen LogP contribution in [0.15, 0.2) is 36.8 Å². The molecule has 2 unspecified atom stereocenters. The summed E-state index contributed by atoms with van der Waals surface area (Å²) in [5, 5.41) is 16.3. The van der Waals surface area contributed by atoms with Crippen LogP contribution in [0.1, 0.15) is 55.2 Å². The van der Waals surface area contributed by atoms with Crippen LogP contribution < -0.4 is 15.0 Å². The first kappa shape index (κ1) is 30.6. The van der Waals surface area contributed by atoms with Crippen LogP contribution in [0.2, 0.25) is 0 Å². The molecule has 3 aromatic heterocycles. The molecule has 0 spiro atoms. The monoisotopic (exact) mass is 628 g/mol. The standard InChI is InChI=1S/C30H35F3N8O4/c1-16-10-18(30(31,32)33)6-9-40(16)23-11-19(29(3,4)37-28(43)44)12-24(36-23)45-25-21-13-39(14-22(21)25)26(42)20-15-41(38-17(20)2)27-34-7-5-8-35-27/h5,7-8,11-12,15-16,18,21-22,25,37H,6,9-10,13-14H2,1-4H3,(H,43,44)/t16?,18?,21-,22+,25-. The van der Waals surface area contributed by atoms with Crippen molar-refractivity contribution in [2.45, 2.75) is 64.4 Å². The quantitative estimate of drug-likeness (QED) is 0.395. The second-order valence-corrected chi connectivity index (χ2v) is 12.7. The molecule has 1 aliphatic carbocycles. The van der Waals surface area contributed by atoms with E-state index in [0.717, 1.165) is 0 Å². The van der Waals surface area contributed by atoms with E-state index in [0.29, 0.717) is 41.7 Å². The number of fused-ring (bicyclic) bond motifs is 1. The Morgan fingerprint density at radius 2 is 1.80 bits per heavy atom. The molecule has 0 aromatic carbocycles. The van der Waals surface area contributed by atoms with Gasteiger partial charge in [0.1, 0.15) is 11.9 Å². The average molecular weight is 629 g/mol. The molecule has 3 aliphatic rings. The second kappa shape index (κ2) is 11.2. The van der Waals surface area contributed by atoms with Crippen LogP contribution in [0.5, 0.6) is 5.88 Å². The first-order valence-electron chi connectivity index (χ1n) is 14.9. The Kier molecular flexibility index (Phi) is 7.60. The lowest BCUT2D eigenvalue weighted by molar-refractivity contribution is -0.181. The number of piperidine rings is 2. The van der Waals surface area contributed by atoms with Gasteiger partial charge in [-0.05, 0) is 58.2 Å². The number of halogens is 3. The third-order valence-electron chi connectivity index (χ3n) is 9.11. The van der Waals surface area contributed by atoms with Crippen molar-refractivity contribution >= 4 is 17.8 Å². The number of likely N-dealkylation sites (tertiary alicyclic amines) is 1. The maximum absolute atomic E-state index is 13.4. The summed E-state index contributed by atoms with van der Waals surface area (Å²) >= 11 is 0. The summed E-state index contributed by atoms with van der Waals surface area (Å²) in [5.74, 6) is -0.273. The Balaban J connectivity index is 1.17. The highest BCUT2D eigenvalue weighted by molar-refractivity contribution is 5.95. The molecular weight excluding hydrogens is 593 g/mol. The minimum Gasteiger partial charge on any atom is -0.474 e. The number of rotatable bonds is 7. The summed E-state index contributed by atoms with van der Waals surface area (Å²) in [4.78, 5) is 41.5. The van der Waals surface area contributed by atoms with Crippen molar-refractivity contribution < 1.29 is 32.6 Å². The molecule has 2 N–H and O–H groups in total. The minimum atomic E-state index is -4.26. The summed E-state index contributed by atoms with van der Waals surface area (Å²) in [6.45, 7) is 8.04. The number of amides is 2. The molecule has 12 nitrogen and oxygen atoms in total. The van der Waals surface area contributed by atoms with Crippen molar-refractivity contribution in [3.63, 3.8) is 0 Å². The molecule has 3 aromatic rings. The van der Waals surface area contributed by atoms with Gasteiger partial charge in [0, 0.05) is 62.2 Å². The van der Waals surface area contributed by atoms with E-state index in [-0.39, 0.29) is 49.1 Å². The highest BCUT2D eigenvalue weighted by atomic mass is 19.4. The molecule has 5 heterocycles. The van der Waals surface area contributed by atoms with E-state index in [1.54, 1.807) is 69.4 Å². The molecular formula is C30H35F3N8O4. The van der Waals surface area contributed by atoms with Gasteiger partial charge in [-0.2, -0.15) is 23.3 Å². The largest absolute Gasteiger partial charge is 0.474 e. The van der Waals surface area contributed by atoms with Crippen LogP contribution in [0.25, 0.3) is 5.95 Å². The number of hydrogen-bond donors (Lipinski definition) is 2. The number of hydrogen-bond acceptors (Lipinski definition) is 8. The smallest absolute Gasteiger partial charge is 0.405 e. The molecule has 2 amide bonds. The van der Waals surface area contributed by atoms with Gasteiger partial charge in [0.2, 0.25) is 11.8 Å². The fraction of sp³-hybridized carbons (Fsp3) is 0.533. The molecule has 2 aliphatic heterocycles. The van der Waals surface area contributed by atoms with Gasteiger partial charge in [-0.25, -0.2) is 19.4 Å². The number of nitrogens with one attached hydrogen (secondary N) is 1. The van der Waals surface area contributed by atoms with Crippen LogP contribution in [0, 0.1) is 24.7 Å². The minimum absolute atomic E-state index is 0.0555. The summed E-state index contributed by atoms with van der Waals surface area (Å²) in [6.07, 6.45) is -0.950. The van der Waals surface area contributed by atoms with Crippen molar-refractivity contribution in [2.24, 2.45) is 17.8 Å². The first-order chi connectivity index (χ1) is 21.2. The lowest BCUT2D eigenvalue weighted by Crippen LogP contribution is -2.45. The average Bonchev–Trinajstić information content (AvgIpc) is 3.28. The molecule has 2 saturated heterocycles. The lowest BCUT2D eigenvalue weighted by atomic mass is 9.90. The summed E-state index contributed by atoms with van der Waals surface area (Å²) < 4.78 is 48.1. The van der Waals surface area contributed by atoms with Crippen molar-refractivity contribution in [3.8, 4) is 11.8 Å². The molecule has 3 fully saturated rings. The van der Waals surface area contributed by atoms with Crippen LogP contribution in [-0.4, -0.2) is 84.7 Å². The van der Waals surface area contributed by atoms with Crippen LogP contribution in [-0.2, 0) is 5.54 Å². The zero-order valence-electron chi connectivity index (χ0n) is 25.3. The van der Waals surface area contributed by atoms with Crippen LogP contribution >= 0.6 is 0 Å². The summed E-state index contributed by atoms with van der Waals surface area (Å²) in [5.41, 5.74) is 0.593. The molecule has 0 bridgehead atoms. The molecule has 5 atom stereocenters. The van der Waals surface area contributed by atoms with E-state index < -0.39 is 29.8 Å². The Hall–Kier alpha value is -4.43. The lowest BCUT2D eigenvalue weighted by Gasteiger charge is -2.39. The van der Waals surface area contributed by atoms with Gasteiger partial charge in [0.05, 0.1) is 22.7 Å². The Labute approximate surface area is 257 Å². The molecule has 240 valence electrons. The van der Waals surface area contributed by atoms with Crippen molar-refractivity contribution in [1.29, 1.82) is 0 Å². The number of ether oxygens (including phenoxy) is 1.